The number of unbranched alkanes of at least 4 members (excludes halogenated alkanes) is 1. The van der Waals surface area contributed by atoms with E-state index in [-0.39, 0.29) is 6.42 Å². The first kappa shape index (κ1) is 14.7. The van der Waals surface area contributed by atoms with Crippen molar-refractivity contribution in [3.63, 3.8) is 0 Å². The van der Waals surface area contributed by atoms with Crippen LogP contribution in [0.3, 0.4) is 0 Å². The minimum atomic E-state index is -0.769. The van der Waals surface area contributed by atoms with Gasteiger partial charge in [0.05, 0.1) is 0 Å². The van der Waals surface area contributed by atoms with E-state index >= 15 is 0 Å². The topological polar surface area (TPSA) is 43.4 Å². The Hall–Kier alpha value is -0.280. The molecule has 0 aromatic heterocycles. The van der Waals surface area contributed by atoms with Crippen LogP contribution >= 0.6 is 23.2 Å². The Morgan fingerprint density at radius 3 is 2.53 bits per heavy atom. The van der Waals surface area contributed by atoms with Gasteiger partial charge in [-0.15, -0.1) is 23.2 Å². The SMILES string of the molecule is CCCCC(=O)OC(=O)C(Cl)CCCCl. The third-order valence-electron chi connectivity index (χ3n) is 1.80. The van der Waals surface area contributed by atoms with Gasteiger partial charge >= 0.3 is 11.9 Å². The maximum Gasteiger partial charge on any atom is 0.331 e. The Morgan fingerprint density at radius 2 is 2.00 bits per heavy atom. The molecule has 0 rings (SSSR count). The fraction of sp³-hybridized carbons (Fsp3) is 0.800. The molecule has 15 heavy (non-hydrogen) atoms. The summed E-state index contributed by atoms with van der Waals surface area (Å²) >= 11 is 11.1. The quantitative estimate of drug-likeness (QED) is 0.399. The van der Waals surface area contributed by atoms with E-state index in [0.29, 0.717) is 18.7 Å². The van der Waals surface area contributed by atoms with Gasteiger partial charge < -0.3 is 4.74 Å². The Kier molecular flexibility index (Phi) is 8.82. The van der Waals surface area contributed by atoms with Crippen molar-refractivity contribution in [2.24, 2.45) is 0 Å². The highest BCUT2D eigenvalue weighted by Crippen LogP contribution is 2.09. The number of esters is 2. The first-order valence-corrected chi connectivity index (χ1v) is 6.03. The molecule has 0 saturated carbocycles. The molecule has 5 heteroatoms. The van der Waals surface area contributed by atoms with Gasteiger partial charge in [0.2, 0.25) is 0 Å². The van der Waals surface area contributed by atoms with Crippen LogP contribution in [-0.2, 0) is 14.3 Å². The molecule has 0 radical (unpaired) electrons. The number of ether oxygens (including phenoxy) is 1. The minimum Gasteiger partial charge on any atom is -0.392 e. The van der Waals surface area contributed by atoms with Crippen LogP contribution < -0.4 is 0 Å². The third kappa shape index (κ3) is 7.63. The zero-order chi connectivity index (χ0) is 11.7. The summed E-state index contributed by atoms with van der Waals surface area (Å²) in [5.41, 5.74) is 0. The third-order valence-corrected chi connectivity index (χ3v) is 2.46. The molecule has 0 aliphatic rings. The molecule has 0 aromatic carbocycles. The van der Waals surface area contributed by atoms with E-state index in [1.807, 2.05) is 6.92 Å². The fourth-order valence-electron chi connectivity index (χ4n) is 0.922. The summed E-state index contributed by atoms with van der Waals surface area (Å²) in [4.78, 5) is 22.3. The number of carbonyl (C=O) groups is 2. The molecule has 0 spiro atoms. The van der Waals surface area contributed by atoms with Crippen molar-refractivity contribution in [3.05, 3.63) is 0 Å². The molecule has 0 bridgehead atoms. The zero-order valence-electron chi connectivity index (χ0n) is 8.80. The standard InChI is InChI=1S/C10H16Cl2O3/c1-2-3-6-9(13)15-10(14)8(12)5-4-7-11/h8H,2-7H2,1H3. The Labute approximate surface area is 100 Å². The lowest BCUT2D eigenvalue weighted by molar-refractivity contribution is -0.159. The van der Waals surface area contributed by atoms with E-state index in [1.54, 1.807) is 0 Å². The summed E-state index contributed by atoms with van der Waals surface area (Å²) < 4.78 is 4.56. The molecule has 0 fully saturated rings. The molecule has 3 nitrogen and oxygen atoms in total. The lowest BCUT2D eigenvalue weighted by atomic mass is 10.2. The maximum absolute atomic E-state index is 11.2. The Bertz CT molecular complexity index is 207. The van der Waals surface area contributed by atoms with Crippen LogP contribution in [0.15, 0.2) is 0 Å². The summed E-state index contributed by atoms with van der Waals surface area (Å²) in [6.07, 6.45) is 2.95. The fourth-order valence-corrected chi connectivity index (χ4v) is 1.28. The number of halogens is 2. The summed E-state index contributed by atoms with van der Waals surface area (Å²) in [6.45, 7) is 1.96. The van der Waals surface area contributed by atoms with Crippen LogP contribution in [0.2, 0.25) is 0 Å². The lowest BCUT2D eigenvalue weighted by Crippen LogP contribution is -2.21. The van der Waals surface area contributed by atoms with E-state index < -0.39 is 17.3 Å². The van der Waals surface area contributed by atoms with E-state index in [4.69, 9.17) is 23.2 Å². The van der Waals surface area contributed by atoms with E-state index in [9.17, 15) is 9.59 Å². The summed E-state index contributed by atoms with van der Waals surface area (Å²) in [5.74, 6) is -0.721. The predicted molar refractivity (Wildman–Crippen MR) is 60.2 cm³/mol. The first-order valence-electron chi connectivity index (χ1n) is 5.06. The van der Waals surface area contributed by atoms with E-state index in [0.717, 1.165) is 12.8 Å². The van der Waals surface area contributed by atoms with E-state index in [2.05, 4.69) is 4.74 Å². The molecule has 0 aliphatic heterocycles. The monoisotopic (exact) mass is 254 g/mol. The second-order valence-corrected chi connectivity index (χ2v) is 4.10. The lowest BCUT2D eigenvalue weighted by Gasteiger charge is -2.07. The summed E-state index contributed by atoms with van der Waals surface area (Å²) in [7, 11) is 0. The second-order valence-electron chi connectivity index (χ2n) is 3.20. The summed E-state index contributed by atoms with van der Waals surface area (Å²) in [6, 6.07) is 0. The van der Waals surface area contributed by atoms with Gasteiger partial charge in [0.1, 0.15) is 5.38 Å². The molecule has 1 unspecified atom stereocenters. The average Bonchev–Trinajstić information content (AvgIpc) is 2.22. The van der Waals surface area contributed by atoms with Crippen LogP contribution in [0.1, 0.15) is 39.0 Å². The van der Waals surface area contributed by atoms with Gasteiger partial charge in [0.15, 0.2) is 0 Å². The maximum atomic E-state index is 11.2. The molecule has 88 valence electrons. The van der Waals surface area contributed by atoms with Crippen LogP contribution in [0.4, 0.5) is 0 Å². The van der Waals surface area contributed by atoms with Crippen LogP contribution in [0.25, 0.3) is 0 Å². The van der Waals surface area contributed by atoms with Crippen molar-refractivity contribution in [2.45, 2.75) is 44.4 Å². The predicted octanol–water partition coefficient (Wildman–Crippen LogP) is 2.87. The number of carbonyl (C=O) groups excluding carboxylic acids is 2. The van der Waals surface area contributed by atoms with Crippen LogP contribution in [0, 0.1) is 0 Å². The first-order chi connectivity index (χ1) is 7.11. The van der Waals surface area contributed by atoms with Gasteiger partial charge in [-0.3, -0.25) is 4.79 Å². The molecular weight excluding hydrogens is 239 g/mol. The van der Waals surface area contributed by atoms with Gasteiger partial charge in [-0.25, -0.2) is 4.79 Å². The molecule has 0 heterocycles. The molecule has 0 amide bonds. The average molecular weight is 255 g/mol. The minimum absolute atomic E-state index is 0.265. The normalized spacial score (nSPS) is 12.2. The smallest absolute Gasteiger partial charge is 0.331 e. The Morgan fingerprint density at radius 1 is 1.33 bits per heavy atom. The largest absolute Gasteiger partial charge is 0.392 e. The van der Waals surface area contributed by atoms with Crippen molar-refractivity contribution in [2.75, 3.05) is 5.88 Å². The van der Waals surface area contributed by atoms with Crippen molar-refractivity contribution in [3.8, 4) is 0 Å². The van der Waals surface area contributed by atoms with Gasteiger partial charge in [0, 0.05) is 12.3 Å². The van der Waals surface area contributed by atoms with Gasteiger partial charge in [-0.05, 0) is 19.3 Å². The molecule has 1 atom stereocenters. The summed E-state index contributed by atoms with van der Waals surface area (Å²) in [5, 5.41) is -0.769. The molecular formula is C10H16Cl2O3. The van der Waals surface area contributed by atoms with Crippen LogP contribution in [-0.4, -0.2) is 23.2 Å². The van der Waals surface area contributed by atoms with Crippen molar-refractivity contribution < 1.29 is 14.3 Å². The van der Waals surface area contributed by atoms with Crippen molar-refractivity contribution >= 4 is 35.1 Å². The number of hydrogen-bond acceptors (Lipinski definition) is 3. The molecule has 0 aromatic rings. The highest BCUT2D eigenvalue weighted by molar-refractivity contribution is 6.30. The van der Waals surface area contributed by atoms with Gasteiger partial charge in [-0.1, -0.05) is 13.3 Å². The number of hydrogen-bond donors (Lipinski definition) is 0. The number of rotatable bonds is 7. The zero-order valence-corrected chi connectivity index (χ0v) is 10.3. The second kappa shape index (κ2) is 8.98. The van der Waals surface area contributed by atoms with Gasteiger partial charge in [-0.2, -0.15) is 0 Å². The van der Waals surface area contributed by atoms with Crippen molar-refractivity contribution in [1.82, 2.24) is 0 Å². The highest BCUT2D eigenvalue weighted by Gasteiger charge is 2.19. The highest BCUT2D eigenvalue weighted by atomic mass is 35.5. The molecule has 0 aliphatic carbocycles. The molecule has 0 N–H and O–H groups in total. The number of alkyl halides is 2. The van der Waals surface area contributed by atoms with Crippen molar-refractivity contribution in [1.29, 1.82) is 0 Å². The van der Waals surface area contributed by atoms with E-state index in [1.165, 1.54) is 0 Å². The molecule has 0 saturated heterocycles. The Balaban J connectivity index is 3.75. The van der Waals surface area contributed by atoms with Gasteiger partial charge in [0.25, 0.3) is 0 Å². The van der Waals surface area contributed by atoms with Crippen LogP contribution in [0.5, 0.6) is 0 Å².